The van der Waals surface area contributed by atoms with Gasteiger partial charge < -0.3 is 5.32 Å². The lowest BCUT2D eigenvalue weighted by atomic mass is 9.99. The number of nitrogens with one attached hydrogen (secondary N) is 1. The molecule has 18 heavy (non-hydrogen) atoms. The van der Waals surface area contributed by atoms with Gasteiger partial charge in [-0.3, -0.25) is 4.79 Å². The smallest absolute Gasteiger partial charge is 0.224 e. The summed E-state index contributed by atoms with van der Waals surface area (Å²) in [4.78, 5) is 12.6. The first-order chi connectivity index (χ1) is 8.20. The van der Waals surface area contributed by atoms with Crippen molar-refractivity contribution < 1.29 is 4.79 Å². The van der Waals surface area contributed by atoms with Crippen molar-refractivity contribution in [2.24, 2.45) is 22.7 Å². The molecule has 0 aromatic carbocycles. The normalized spacial score (nSPS) is 22.9. The van der Waals surface area contributed by atoms with Crippen molar-refractivity contribution in [3.8, 4) is 0 Å². The summed E-state index contributed by atoms with van der Waals surface area (Å²) in [5.74, 6) is 1.03. The van der Waals surface area contributed by atoms with E-state index >= 15 is 0 Å². The standard InChI is InChI=1S/C15H28BrNO/c1-7-10(8-2)11(16)9-17-13(18)12-14(3,4)15(12,5)6/h10-12H,7-9H2,1-6H3,(H,17,18). The van der Waals surface area contributed by atoms with E-state index in [0.29, 0.717) is 10.7 Å². The first-order valence-corrected chi connectivity index (χ1v) is 8.03. The third kappa shape index (κ3) is 2.76. The zero-order valence-electron chi connectivity index (χ0n) is 12.6. The van der Waals surface area contributed by atoms with Gasteiger partial charge in [-0.15, -0.1) is 0 Å². The van der Waals surface area contributed by atoms with Crippen molar-refractivity contribution in [3.63, 3.8) is 0 Å². The van der Waals surface area contributed by atoms with Crippen LogP contribution in [0.25, 0.3) is 0 Å². The lowest BCUT2D eigenvalue weighted by molar-refractivity contribution is -0.123. The number of rotatable bonds is 6. The first-order valence-electron chi connectivity index (χ1n) is 7.11. The number of hydrogen-bond acceptors (Lipinski definition) is 1. The van der Waals surface area contributed by atoms with Gasteiger partial charge in [-0.25, -0.2) is 0 Å². The van der Waals surface area contributed by atoms with Crippen molar-refractivity contribution in [1.82, 2.24) is 5.32 Å². The number of amides is 1. The molecular formula is C15H28BrNO. The predicted molar refractivity (Wildman–Crippen MR) is 80.8 cm³/mol. The molecule has 1 N–H and O–H groups in total. The number of carbonyl (C=O) groups is 1. The molecule has 1 saturated carbocycles. The second-order valence-electron chi connectivity index (χ2n) is 6.71. The zero-order chi connectivity index (χ0) is 14.1. The molecule has 3 heteroatoms. The molecule has 0 aliphatic heterocycles. The van der Waals surface area contributed by atoms with Crippen LogP contribution in [0.15, 0.2) is 0 Å². The predicted octanol–water partition coefficient (Wildman–Crippen LogP) is 3.98. The number of alkyl halides is 1. The van der Waals surface area contributed by atoms with Crippen molar-refractivity contribution in [3.05, 3.63) is 0 Å². The van der Waals surface area contributed by atoms with Crippen LogP contribution in [0, 0.1) is 22.7 Å². The van der Waals surface area contributed by atoms with E-state index in [1.54, 1.807) is 0 Å². The van der Waals surface area contributed by atoms with Crippen LogP contribution < -0.4 is 5.32 Å². The Morgan fingerprint density at radius 2 is 1.61 bits per heavy atom. The van der Waals surface area contributed by atoms with E-state index in [2.05, 4.69) is 62.8 Å². The summed E-state index contributed by atoms with van der Waals surface area (Å²) >= 11 is 3.71. The van der Waals surface area contributed by atoms with E-state index in [0.717, 1.165) is 19.4 Å². The molecule has 2 nitrogen and oxygen atoms in total. The maximum Gasteiger partial charge on any atom is 0.224 e. The Bertz CT molecular complexity index is 294. The number of hydrogen-bond donors (Lipinski definition) is 1. The van der Waals surface area contributed by atoms with Crippen molar-refractivity contribution in [1.29, 1.82) is 0 Å². The molecule has 106 valence electrons. The molecule has 0 aromatic rings. The van der Waals surface area contributed by atoms with Crippen LogP contribution in [0.2, 0.25) is 0 Å². The molecule has 1 amide bonds. The van der Waals surface area contributed by atoms with Gasteiger partial charge in [0, 0.05) is 17.3 Å². The number of halogens is 1. The topological polar surface area (TPSA) is 29.1 Å². The van der Waals surface area contributed by atoms with Gasteiger partial charge in [-0.05, 0) is 16.7 Å². The Morgan fingerprint density at radius 1 is 1.17 bits per heavy atom. The van der Waals surface area contributed by atoms with Crippen molar-refractivity contribution in [2.75, 3.05) is 6.54 Å². The van der Waals surface area contributed by atoms with Crippen molar-refractivity contribution >= 4 is 21.8 Å². The summed E-state index contributed by atoms with van der Waals surface area (Å²) in [6, 6.07) is 0. The van der Waals surface area contributed by atoms with Crippen LogP contribution in [0.1, 0.15) is 54.4 Å². The van der Waals surface area contributed by atoms with E-state index in [1.807, 2.05) is 0 Å². The summed E-state index contributed by atoms with van der Waals surface area (Å²) in [6.07, 6.45) is 2.31. The Morgan fingerprint density at radius 3 is 1.94 bits per heavy atom. The highest BCUT2D eigenvalue weighted by Crippen LogP contribution is 2.68. The molecule has 0 saturated heterocycles. The summed E-state index contributed by atoms with van der Waals surface area (Å²) in [5, 5.41) is 3.12. The van der Waals surface area contributed by atoms with Crippen molar-refractivity contribution in [2.45, 2.75) is 59.2 Å². The molecule has 0 spiro atoms. The second-order valence-corrected chi connectivity index (χ2v) is 7.89. The maximum absolute atomic E-state index is 12.2. The molecule has 0 bridgehead atoms. The maximum atomic E-state index is 12.2. The third-order valence-corrected chi connectivity index (χ3v) is 6.39. The van der Waals surface area contributed by atoms with Crippen LogP contribution in [-0.4, -0.2) is 17.3 Å². The summed E-state index contributed by atoms with van der Waals surface area (Å²) < 4.78 is 0. The van der Waals surface area contributed by atoms with E-state index in [4.69, 9.17) is 0 Å². The monoisotopic (exact) mass is 317 g/mol. The third-order valence-electron chi connectivity index (χ3n) is 5.31. The summed E-state index contributed by atoms with van der Waals surface area (Å²) in [6.45, 7) is 13.9. The van der Waals surface area contributed by atoms with Crippen LogP contribution >= 0.6 is 15.9 Å². The van der Waals surface area contributed by atoms with Gasteiger partial charge in [0.2, 0.25) is 5.91 Å². The zero-order valence-corrected chi connectivity index (χ0v) is 14.2. The summed E-state index contributed by atoms with van der Waals surface area (Å²) in [5.41, 5.74) is 0.265. The largest absolute Gasteiger partial charge is 0.355 e. The van der Waals surface area contributed by atoms with Gasteiger partial charge in [0.25, 0.3) is 0 Å². The molecular weight excluding hydrogens is 290 g/mol. The highest BCUT2D eigenvalue weighted by atomic mass is 79.9. The minimum atomic E-state index is 0.133. The highest BCUT2D eigenvalue weighted by molar-refractivity contribution is 9.09. The van der Waals surface area contributed by atoms with E-state index in [-0.39, 0.29) is 22.7 Å². The quantitative estimate of drug-likeness (QED) is 0.737. The van der Waals surface area contributed by atoms with E-state index in [1.165, 1.54) is 0 Å². The fourth-order valence-electron chi connectivity index (χ4n) is 3.12. The molecule has 1 rings (SSSR count). The first kappa shape index (κ1) is 16.0. The lowest BCUT2D eigenvalue weighted by Gasteiger charge is -2.20. The fraction of sp³-hybridized carbons (Fsp3) is 0.933. The Kier molecular flexibility index (Phi) is 4.91. The fourth-order valence-corrected chi connectivity index (χ4v) is 4.03. The average Bonchev–Trinajstić information content (AvgIpc) is 2.68. The van der Waals surface area contributed by atoms with Gasteiger partial charge in [0.1, 0.15) is 0 Å². The summed E-state index contributed by atoms with van der Waals surface area (Å²) in [7, 11) is 0. The number of carbonyl (C=O) groups excluding carboxylic acids is 1. The van der Waals surface area contributed by atoms with Crippen LogP contribution in [0.3, 0.4) is 0 Å². The van der Waals surface area contributed by atoms with Gasteiger partial charge in [-0.1, -0.05) is 70.3 Å². The van der Waals surface area contributed by atoms with Crippen LogP contribution in [-0.2, 0) is 4.79 Å². The molecule has 0 radical (unpaired) electrons. The lowest BCUT2D eigenvalue weighted by Crippen LogP contribution is -2.35. The Labute approximate surface area is 120 Å². The average molecular weight is 318 g/mol. The SMILES string of the molecule is CCC(CC)C(Br)CNC(=O)C1C(C)(C)C1(C)C. The highest BCUT2D eigenvalue weighted by Gasteiger charge is 2.68. The molecule has 1 atom stereocenters. The minimum absolute atomic E-state index is 0.133. The molecule has 1 fully saturated rings. The van der Waals surface area contributed by atoms with E-state index in [9.17, 15) is 4.79 Å². The van der Waals surface area contributed by atoms with Gasteiger partial charge in [-0.2, -0.15) is 0 Å². The van der Waals surface area contributed by atoms with Crippen LogP contribution in [0.4, 0.5) is 0 Å². The van der Waals surface area contributed by atoms with Crippen LogP contribution in [0.5, 0.6) is 0 Å². The molecule has 0 heterocycles. The Hall–Kier alpha value is -0.0500. The van der Waals surface area contributed by atoms with E-state index < -0.39 is 0 Å². The molecule has 1 aliphatic rings. The molecule has 1 aliphatic carbocycles. The van der Waals surface area contributed by atoms with Gasteiger partial charge in [0.15, 0.2) is 0 Å². The van der Waals surface area contributed by atoms with Gasteiger partial charge in [0.05, 0.1) is 0 Å². The molecule has 1 unspecified atom stereocenters. The van der Waals surface area contributed by atoms with Gasteiger partial charge >= 0.3 is 0 Å². The molecule has 0 aromatic heterocycles. The minimum Gasteiger partial charge on any atom is -0.355 e. The Balaban J connectivity index is 2.44. The second kappa shape index (κ2) is 5.52.